The molecule has 34 heavy (non-hydrogen) atoms. The van der Waals surface area contributed by atoms with Crippen molar-refractivity contribution >= 4 is 10.9 Å². The van der Waals surface area contributed by atoms with Gasteiger partial charge in [0.2, 0.25) is 0 Å². The molecule has 0 atom stereocenters. The smallest absolute Gasteiger partial charge is 0.166 e. The maximum atomic E-state index is 4.94. The second-order valence-corrected chi connectivity index (χ2v) is 8.24. The Kier molecular flexibility index (Phi) is 4.96. The molecular weight excluding hydrogens is 416 g/mol. The third-order valence-electron chi connectivity index (χ3n) is 5.98. The average molecular weight is 439 g/mol. The lowest BCUT2D eigenvalue weighted by Gasteiger charge is -2.15. The van der Waals surface area contributed by atoms with Gasteiger partial charge in [0.25, 0.3) is 0 Å². The molecule has 6 aromatic rings. The molecule has 4 nitrogen and oxygen atoms in total. The fourth-order valence-electron chi connectivity index (χ4n) is 4.40. The number of nitrogens with zero attached hydrogens (tertiary/aromatic N) is 4. The molecule has 0 spiro atoms. The van der Waals surface area contributed by atoms with Crippen molar-refractivity contribution in [2.24, 2.45) is 0 Å². The summed E-state index contributed by atoms with van der Waals surface area (Å²) < 4.78 is 2.28. The fraction of sp³-hybridized carbons (Fsp3) is 0.0333. The van der Waals surface area contributed by atoms with E-state index in [2.05, 4.69) is 60.0 Å². The molecule has 0 amide bonds. The van der Waals surface area contributed by atoms with Crippen LogP contribution in [0, 0.1) is 6.92 Å². The van der Waals surface area contributed by atoms with E-state index in [4.69, 9.17) is 15.0 Å². The predicted molar refractivity (Wildman–Crippen MR) is 138 cm³/mol. The standard InChI is InChI=1S/C30H22N4/c1-21-20-24-16-8-10-18-26(24)34(21)27-19-11-9-17-25(27)30-32-28(22-12-4-2-5-13-22)31-29(33-30)23-14-6-3-7-15-23/h2-20H,1H3. The van der Waals surface area contributed by atoms with Gasteiger partial charge in [-0.25, -0.2) is 15.0 Å². The molecule has 0 fully saturated rings. The summed E-state index contributed by atoms with van der Waals surface area (Å²) in [5, 5.41) is 1.21. The van der Waals surface area contributed by atoms with E-state index in [0.717, 1.165) is 33.6 Å². The number of aromatic nitrogens is 4. The first-order chi connectivity index (χ1) is 16.8. The molecule has 4 aromatic carbocycles. The van der Waals surface area contributed by atoms with Gasteiger partial charge >= 0.3 is 0 Å². The molecule has 4 heteroatoms. The Morgan fingerprint density at radius 3 is 1.74 bits per heavy atom. The molecule has 6 rings (SSSR count). The highest BCUT2D eigenvalue weighted by atomic mass is 15.1. The highest BCUT2D eigenvalue weighted by Gasteiger charge is 2.17. The summed E-state index contributed by atoms with van der Waals surface area (Å²) in [4.78, 5) is 14.7. The van der Waals surface area contributed by atoms with Gasteiger partial charge in [0, 0.05) is 27.8 Å². The number of rotatable bonds is 4. The van der Waals surface area contributed by atoms with Crippen LogP contribution in [0.4, 0.5) is 0 Å². The third kappa shape index (κ3) is 3.55. The highest BCUT2D eigenvalue weighted by Crippen LogP contribution is 2.32. The average Bonchev–Trinajstić information content (AvgIpc) is 3.25. The minimum absolute atomic E-state index is 0.653. The number of hydrogen-bond donors (Lipinski definition) is 0. The molecule has 0 radical (unpaired) electrons. The minimum Gasteiger partial charge on any atom is -0.313 e. The van der Waals surface area contributed by atoms with Crippen LogP contribution in [0.25, 0.3) is 50.8 Å². The van der Waals surface area contributed by atoms with Crippen molar-refractivity contribution in [1.82, 2.24) is 19.5 Å². The van der Waals surface area contributed by atoms with Gasteiger partial charge in [0.05, 0.1) is 11.2 Å². The predicted octanol–water partition coefficient (Wildman–Crippen LogP) is 7.12. The van der Waals surface area contributed by atoms with E-state index in [1.807, 2.05) is 66.7 Å². The first-order valence-electron chi connectivity index (χ1n) is 11.3. The lowest BCUT2D eigenvalue weighted by atomic mass is 10.1. The van der Waals surface area contributed by atoms with E-state index in [1.54, 1.807) is 0 Å². The van der Waals surface area contributed by atoms with E-state index in [0.29, 0.717) is 17.5 Å². The maximum absolute atomic E-state index is 4.94. The Balaban J connectivity index is 1.61. The van der Waals surface area contributed by atoms with Gasteiger partial charge in [-0.1, -0.05) is 91.0 Å². The number of fused-ring (bicyclic) bond motifs is 1. The summed E-state index contributed by atoms with van der Waals surface area (Å²) in [5.74, 6) is 1.97. The summed E-state index contributed by atoms with van der Waals surface area (Å²) in [6.07, 6.45) is 0. The normalized spacial score (nSPS) is 11.1. The van der Waals surface area contributed by atoms with E-state index < -0.39 is 0 Å². The first-order valence-corrected chi connectivity index (χ1v) is 11.3. The third-order valence-corrected chi connectivity index (χ3v) is 5.98. The molecule has 0 N–H and O–H groups in total. The zero-order valence-corrected chi connectivity index (χ0v) is 18.8. The lowest BCUT2D eigenvalue weighted by molar-refractivity contribution is 1.03. The molecule has 162 valence electrons. The summed E-state index contributed by atoms with van der Waals surface area (Å²) >= 11 is 0. The monoisotopic (exact) mass is 438 g/mol. The van der Waals surface area contributed by atoms with Gasteiger partial charge < -0.3 is 4.57 Å². The Morgan fingerprint density at radius 2 is 1.06 bits per heavy atom. The molecule has 0 saturated carbocycles. The van der Waals surface area contributed by atoms with Crippen molar-refractivity contribution < 1.29 is 0 Å². The van der Waals surface area contributed by atoms with Crippen LogP contribution in [-0.4, -0.2) is 19.5 Å². The van der Waals surface area contributed by atoms with Crippen molar-refractivity contribution in [2.45, 2.75) is 6.92 Å². The number of para-hydroxylation sites is 2. The summed E-state index contributed by atoms with van der Waals surface area (Å²) in [5.41, 5.74) is 6.25. The molecule has 0 aliphatic carbocycles. The Morgan fingerprint density at radius 1 is 0.529 bits per heavy atom. The Hall–Kier alpha value is -4.57. The van der Waals surface area contributed by atoms with Crippen LogP contribution < -0.4 is 0 Å². The van der Waals surface area contributed by atoms with Crippen LogP contribution >= 0.6 is 0 Å². The minimum atomic E-state index is 0.653. The van der Waals surface area contributed by atoms with Crippen LogP contribution in [-0.2, 0) is 0 Å². The van der Waals surface area contributed by atoms with Crippen molar-refractivity contribution in [3.63, 3.8) is 0 Å². The molecular formula is C30H22N4. The number of aryl methyl sites for hydroxylation is 1. The molecule has 0 unspecified atom stereocenters. The first kappa shape index (κ1) is 20.1. The molecule has 2 heterocycles. The SMILES string of the molecule is Cc1cc2ccccc2n1-c1ccccc1-c1nc(-c2ccccc2)nc(-c2ccccc2)n1. The maximum Gasteiger partial charge on any atom is 0.166 e. The summed E-state index contributed by atoms with van der Waals surface area (Å²) in [6.45, 7) is 2.13. The zero-order chi connectivity index (χ0) is 22.9. The Bertz CT molecular complexity index is 1540. The van der Waals surface area contributed by atoms with Gasteiger partial charge in [-0.3, -0.25) is 0 Å². The van der Waals surface area contributed by atoms with Crippen molar-refractivity contribution in [2.75, 3.05) is 0 Å². The molecule has 0 aliphatic rings. The van der Waals surface area contributed by atoms with Crippen molar-refractivity contribution in [1.29, 1.82) is 0 Å². The van der Waals surface area contributed by atoms with Crippen LogP contribution in [0.1, 0.15) is 5.69 Å². The fourth-order valence-corrected chi connectivity index (χ4v) is 4.40. The van der Waals surface area contributed by atoms with Gasteiger partial charge in [-0.05, 0) is 31.2 Å². The quantitative estimate of drug-likeness (QED) is 0.294. The molecule has 0 aliphatic heterocycles. The number of benzene rings is 4. The van der Waals surface area contributed by atoms with Crippen LogP contribution in [0.5, 0.6) is 0 Å². The Labute approximate surface area is 198 Å². The van der Waals surface area contributed by atoms with Gasteiger partial charge in [0.15, 0.2) is 17.5 Å². The lowest BCUT2D eigenvalue weighted by Crippen LogP contribution is -2.04. The summed E-state index contributed by atoms with van der Waals surface area (Å²) in [6, 6.07) is 39.1. The van der Waals surface area contributed by atoms with E-state index >= 15 is 0 Å². The zero-order valence-electron chi connectivity index (χ0n) is 18.8. The number of hydrogen-bond acceptors (Lipinski definition) is 3. The van der Waals surface area contributed by atoms with Crippen LogP contribution in [0.3, 0.4) is 0 Å². The van der Waals surface area contributed by atoms with Crippen LogP contribution in [0.2, 0.25) is 0 Å². The second-order valence-electron chi connectivity index (χ2n) is 8.24. The topological polar surface area (TPSA) is 43.6 Å². The second kappa shape index (κ2) is 8.41. The van der Waals surface area contributed by atoms with E-state index in [9.17, 15) is 0 Å². The largest absolute Gasteiger partial charge is 0.313 e. The molecule has 2 aromatic heterocycles. The van der Waals surface area contributed by atoms with Gasteiger partial charge in [0.1, 0.15) is 0 Å². The van der Waals surface area contributed by atoms with Gasteiger partial charge in [-0.2, -0.15) is 0 Å². The summed E-state index contributed by atoms with van der Waals surface area (Å²) in [7, 11) is 0. The van der Waals surface area contributed by atoms with Crippen LogP contribution in [0.15, 0.2) is 115 Å². The van der Waals surface area contributed by atoms with E-state index in [1.165, 1.54) is 5.39 Å². The highest BCUT2D eigenvalue weighted by molar-refractivity contribution is 5.85. The van der Waals surface area contributed by atoms with Gasteiger partial charge in [-0.15, -0.1) is 0 Å². The molecule has 0 saturated heterocycles. The van der Waals surface area contributed by atoms with Crippen molar-refractivity contribution in [3.05, 3.63) is 121 Å². The van der Waals surface area contributed by atoms with Crippen molar-refractivity contribution in [3.8, 4) is 39.9 Å². The van der Waals surface area contributed by atoms with E-state index in [-0.39, 0.29) is 0 Å². The molecule has 0 bridgehead atoms.